The van der Waals surface area contributed by atoms with Crippen LogP contribution in [0.5, 0.6) is 0 Å². The van der Waals surface area contributed by atoms with Crippen molar-refractivity contribution >= 4 is 21.7 Å². The molecular weight excluding hydrogens is 374 g/mol. The van der Waals surface area contributed by atoms with Gasteiger partial charge in [0.05, 0.1) is 10.6 Å². The first-order chi connectivity index (χ1) is 13.4. The summed E-state index contributed by atoms with van der Waals surface area (Å²) < 4.78 is 34.2. The number of aryl methyl sites for hydroxylation is 1. The highest BCUT2D eigenvalue weighted by Crippen LogP contribution is 2.43. The van der Waals surface area contributed by atoms with Gasteiger partial charge in [0.25, 0.3) is 10.0 Å². The van der Waals surface area contributed by atoms with Gasteiger partial charge in [0.2, 0.25) is 0 Å². The Bertz CT molecular complexity index is 1010. The second-order valence-electron chi connectivity index (χ2n) is 7.47. The van der Waals surface area contributed by atoms with Crippen LogP contribution in [0.15, 0.2) is 65.6 Å². The summed E-state index contributed by atoms with van der Waals surface area (Å²) in [5, 5.41) is 0. The Morgan fingerprint density at radius 2 is 1.71 bits per heavy atom. The monoisotopic (exact) mass is 397 g/mol. The highest BCUT2D eigenvalue weighted by atomic mass is 32.2. The Hall–Kier alpha value is -2.60. The number of hydrogen-bond acceptors (Lipinski definition) is 4. The van der Waals surface area contributed by atoms with Gasteiger partial charge < -0.3 is 4.74 Å². The van der Waals surface area contributed by atoms with Gasteiger partial charge >= 0.3 is 5.97 Å². The molecule has 28 heavy (non-hydrogen) atoms. The first-order valence-electron chi connectivity index (χ1n) is 9.46. The molecule has 5 nitrogen and oxygen atoms in total. The van der Waals surface area contributed by atoms with E-state index in [0.29, 0.717) is 18.5 Å². The van der Waals surface area contributed by atoms with Gasteiger partial charge in [-0.15, -0.1) is 0 Å². The van der Waals surface area contributed by atoms with Crippen molar-refractivity contribution in [3.05, 3.63) is 71.8 Å². The Kier molecular flexibility index (Phi) is 4.75. The zero-order valence-corrected chi connectivity index (χ0v) is 16.7. The zero-order valence-electron chi connectivity index (χ0n) is 15.9. The van der Waals surface area contributed by atoms with E-state index in [4.69, 9.17) is 4.74 Å². The van der Waals surface area contributed by atoms with Crippen molar-refractivity contribution in [2.24, 2.45) is 11.8 Å². The van der Waals surface area contributed by atoms with Crippen LogP contribution in [0.1, 0.15) is 30.9 Å². The molecule has 0 N–H and O–H groups in total. The molecule has 0 saturated carbocycles. The van der Waals surface area contributed by atoms with Crippen LogP contribution in [0.4, 0.5) is 0 Å². The molecule has 1 fully saturated rings. The van der Waals surface area contributed by atoms with E-state index in [2.05, 4.69) is 6.92 Å². The van der Waals surface area contributed by atoms with Crippen molar-refractivity contribution in [1.82, 2.24) is 4.31 Å². The number of benzene rings is 2. The lowest BCUT2D eigenvalue weighted by Gasteiger charge is -2.45. The number of carbonyl (C=O) groups is 1. The normalized spacial score (nSPS) is 24.9. The molecule has 0 spiro atoms. The maximum absolute atomic E-state index is 13.6. The number of sulfonamides is 1. The molecule has 146 valence electrons. The summed E-state index contributed by atoms with van der Waals surface area (Å²) in [6, 6.07) is 16.1. The number of esters is 1. The minimum absolute atomic E-state index is 0.0645. The minimum atomic E-state index is -3.91. The zero-order chi connectivity index (χ0) is 19.9. The Morgan fingerprint density at radius 3 is 2.39 bits per heavy atom. The smallest absolute Gasteiger partial charge is 0.307 e. The third-order valence-corrected chi connectivity index (χ3v) is 7.30. The summed E-state index contributed by atoms with van der Waals surface area (Å²) in [7, 11) is -3.91. The predicted molar refractivity (Wildman–Crippen MR) is 106 cm³/mol. The molecular formula is C22H23NO4S. The molecule has 2 aromatic carbocycles. The fraction of sp³-hybridized carbons (Fsp3) is 0.318. The van der Waals surface area contributed by atoms with Crippen LogP contribution in [0, 0.1) is 18.8 Å². The lowest BCUT2D eigenvalue weighted by Crippen LogP contribution is -2.52. The number of fused-ring (bicyclic) bond motifs is 1. The molecule has 0 bridgehead atoms. The second-order valence-corrected chi connectivity index (χ2v) is 9.29. The van der Waals surface area contributed by atoms with Gasteiger partial charge in [-0.1, -0.05) is 61.0 Å². The molecule has 0 aromatic heterocycles. The van der Waals surface area contributed by atoms with Crippen LogP contribution < -0.4 is 0 Å². The fourth-order valence-corrected chi connectivity index (χ4v) is 5.56. The van der Waals surface area contributed by atoms with Crippen molar-refractivity contribution in [2.45, 2.75) is 37.8 Å². The third-order valence-electron chi connectivity index (χ3n) is 5.51. The highest BCUT2D eigenvalue weighted by Gasteiger charge is 2.47. The molecule has 4 rings (SSSR count). The number of carbonyl (C=O) groups excluding carboxylic acids is 1. The van der Waals surface area contributed by atoms with Gasteiger partial charge in [-0.25, -0.2) is 12.7 Å². The number of nitrogens with zero attached hydrogens (tertiary/aromatic N) is 1. The molecule has 2 aliphatic rings. The van der Waals surface area contributed by atoms with Crippen LogP contribution in [-0.4, -0.2) is 24.9 Å². The number of rotatable bonds is 3. The maximum atomic E-state index is 13.6. The number of allylic oxidation sites excluding steroid dienone is 1. The summed E-state index contributed by atoms with van der Waals surface area (Å²) in [5.41, 5.74) is 2.32. The maximum Gasteiger partial charge on any atom is 0.307 e. The first kappa shape index (κ1) is 18.7. The predicted octanol–water partition coefficient (Wildman–Crippen LogP) is 3.96. The molecule has 0 unspecified atom stereocenters. The topological polar surface area (TPSA) is 63.7 Å². The molecule has 2 aliphatic heterocycles. The lowest BCUT2D eigenvalue weighted by atomic mass is 9.82. The van der Waals surface area contributed by atoms with E-state index in [-0.39, 0.29) is 22.7 Å². The third kappa shape index (κ3) is 3.22. The van der Waals surface area contributed by atoms with E-state index in [0.717, 1.165) is 11.1 Å². The van der Waals surface area contributed by atoms with Gasteiger partial charge in [-0.2, -0.15) is 0 Å². The average Bonchev–Trinajstić information content (AvgIpc) is 2.68. The number of ether oxygens (including phenoxy) is 1. The molecule has 0 aliphatic carbocycles. The van der Waals surface area contributed by atoms with Crippen LogP contribution in [0.25, 0.3) is 5.70 Å². The van der Waals surface area contributed by atoms with E-state index >= 15 is 0 Å². The van der Waals surface area contributed by atoms with Gasteiger partial charge in [-0.05, 0) is 37.0 Å². The van der Waals surface area contributed by atoms with Crippen molar-refractivity contribution in [3.8, 4) is 0 Å². The molecule has 0 amide bonds. The Labute approximate surface area is 165 Å². The molecule has 1 saturated heterocycles. The minimum Gasteiger partial charge on any atom is -0.440 e. The highest BCUT2D eigenvalue weighted by molar-refractivity contribution is 7.89. The largest absolute Gasteiger partial charge is 0.440 e. The van der Waals surface area contributed by atoms with Gasteiger partial charge in [0.15, 0.2) is 6.23 Å². The standard InChI is InChI=1S/C22H23NO4S/c1-15-8-10-18(11-9-15)28(25,26)23-20(17-6-4-3-5-7-17)14-16(2)19-12-13-21(24)27-22(19)23/h3-11,14,16,19,22H,12-13H2,1-2H3/t16-,19+,22+/m0/s1. The van der Waals surface area contributed by atoms with E-state index in [9.17, 15) is 13.2 Å². The fourth-order valence-electron chi connectivity index (χ4n) is 3.96. The van der Waals surface area contributed by atoms with Crippen LogP contribution >= 0.6 is 0 Å². The molecule has 2 heterocycles. The van der Waals surface area contributed by atoms with Gasteiger partial charge in [-0.3, -0.25) is 4.79 Å². The average molecular weight is 397 g/mol. The van der Waals surface area contributed by atoms with Crippen molar-refractivity contribution < 1.29 is 17.9 Å². The van der Waals surface area contributed by atoms with Crippen LogP contribution in [0.3, 0.4) is 0 Å². The molecule has 2 aromatic rings. The van der Waals surface area contributed by atoms with E-state index in [1.807, 2.05) is 43.3 Å². The van der Waals surface area contributed by atoms with E-state index in [1.54, 1.807) is 24.3 Å². The summed E-state index contributed by atoms with van der Waals surface area (Å²) in [5.74, 6) is -0.324. The summed E-state index contributed by atoms with van der Waals surface area (Å²) >= 11 is 0. The molecule has 3 atom stereocenters. The summed E-state index contributed by atoms with van der Waals surface area (Å²) in [6.45, 7) is 3.96. The second kappa shape index (κ2) is 7.09. The van der Waals surface area contributed by atoms with Crippen molar-refractivity contribution in [3.63, 3.8) is 0 Å². The number of hydrogen-bond donors (Lipinski definition) is 0. The Morgan fingerprint density at radius 1 is 1.04 bits per heavy atom. The lowest BCUT2D eigenvalue weighted by molar-refractivity contribution is -0.167. The first-order valence-corrected chi connectivity index (χ1v) is 10.9. The van der Waals surface area contributed by atoms with Gasteiger partial charge in [0, 0.05) is 12.3 Å². The van der Waals surface area contributed by atoms with Crippen LogP contribution in [0.2, 0.25) is 0 Å². The van der Waals surface area contributed by atoms with Crippen molar-refractivity contribution in [2.75, 3.05) is 0 Å². The Balaban J connectivity index is 1.89. The van der Waals surface area contributed by atoms with E-state index in [1.165, 1.54) is 4.31 Å². The van der Waals surface area contributed by atoms with E-state index < -0.39 is 16.3 Å². The summed E-state index contributed by atoms with van der Waals surface area (Å²) in [4.78, 5) is 12.2. The molecule has 6 heteroatoms. The SMILES string of the molecule is Cc1ccc(S(=O)(=O)N2C(c3ccccc3)=C[C@H](C)[C@H]3CCC(=O)O[C@H]32)cc1. The quantitative estimate of drug-likeness (QED) is 0.736. The van der Waals surface area contributed by atoms with Gasteiger partial charge in [0.1, 0.15) is 0 Å². The van der Waals surface area contributed by atoms with Crippen molar-refractivity contribution in [1.29, 1.82) is 0 Å². The van der Waals surface area contributed by atoms with Crippen LogP contribution in [-0.2, 0) is 19.6 Å². The summed E-state index contributed by atoms with van der Waals surface area (Å²) in [6.07, 6.45) is 2.09. The molecule has 0 radical (unpaired) electrons.